The lowest BCUT2D eigenvalue weighted by Gasteiger charge is -2.16. The minimum Gasteiger partial charge on any atom is -0.491 e. The van der Waals surface area contributed by atoms with Crippen molar-refractivity contribution in [2.45, 2.75) is 32.2 Å². The number of alkyl halides is 3. The van der Waals surface area contributed by atoms with Gasteiger partial charge in [0.25, 0.3) is 0 Å². The van der Waals surface area contributed by atoms with E-state index in [4.69, 9.17) is 4.74 Å². The standard InChI is InChI=1S/C19H19F3N2O2/c1-2-13-7-9-15(10-8-13)26-12-14(25)11-24-17-6-4-3-5-16(17)23-18(24)19(20,21)22/h3-10,14,25H,2,11-12H2,1H3/t14-/m0/s1. The van der Waals surface area contributed by atoms with Crippen LogP contribution in [0.3, 0.4) is 0 Å². The van der Waals surface area contributed by atoms with Crippen molar-refractivity contribution in [3.8, 4) is 5.75 Å². The zero-order valence-corrected chi connectivity index (χ0v) is 14.2. The summed E-state index contributed by atoms with van der Waals surface area (Å²) in [6.07, 6.45) is -4.81. The van der Waals surface area contributed by atoms with Crippen LogP contribution in [0.1, 0.15) is 18.3 Å². The quantitative estimate of drug-likeness (QED) is 0.718. The van der Waals surface area contributed by atoms with E-state index in [1.54, 1.807) is 30.3 Å². The Bertz CT molecular complexity index is 873. The van der Waals surface area contributed by atoms with Gasteiger partial charge < -0.3 is 14.4 Å². The fraction of sp³-hybridized carbons (Fsp3) is 0.316. The van der Waals surface area contributed by atoms with E-state index < -0.39 is 18.1 Å². The van der Waals surface area contributed by atoms with Gasteiger partial charge in [-0.1, -0.05) is 31.2 Å². The fourth-order valence-electron chi connectivity index (χ4n) is 2.75. The molecule has 0 saturated carbocycles. The van der Waals surface area contributed by atoms with Crippen molar-refractivity contribution >= 4 is 11.0 Å². The van der Waals surface area contributed by atoms with Crippen LogP contribution in [0, 0.1) is 0 Å². The number of benzene rings is 2. The molecule has 0 unspecified atom stereocenters. The first-order valence-corrected chi connectivity index (χ1v) is 8.30. The molecule has 4 nitrogen and oxygen atoms in total. The largest absolute Gasteiger partial charge is 0.491 e. The molecule has 0 bridgehead atoms. The van der Waals surface area contributed by atoms with Crippen LogP contribution in [0.5, 0.6) is 5.75 Å². The second kappa shape index (κ2) is 7.37. The van der Waals surface area contributed by atoms with E-state index in [9.17, 15) is 18.3 Å². The molecule has 1 atom stereocenters. The summed E-state index contributed by atoms with van der Waals surface area (Å²) in [5, 5.41) is 10.2. The molecule has 3 rings (SSSR count). The smallest absolute Gasteiger partial charge is 0.449 e. The summed E-state index contributed by atoms with van der Waals surface area (Å²) in [4.78, 5) is 3.66. The zero-order valence-electron chi connectivity index (χ0n) is 14.2. The fourth-order valence-corrected chi connectivity index (χ4v) is 2.75. The number of ether oxygens (including phenoxy) is 1. The number of hydrogen-bond acceptors (Lipinski definition) is 3. The molecule has 0 spiro atoms. The van der Waals surface area contributed by atoms with Gasteiger partial charge in [0.05, 0.1) is 17.6 Å². The van der Waals surface area contributed by atoms with Gasteiger partial charge >= 0.3 is 6.18 Å². The third kappa shape index (κ3) is 3.99. The summed E-state index contributed by atoms with van der Waals surface area (Å²) in [6.45, 7) is 1.66. The number of halogens is 3. The molecule has 138 valence electrons. The summed E-state index contributed by atoms with van der Waals surface area (Å²) in [5.74, 6) is -0.460. The Kier molecular flexibility index (Phi) is 5.18. The van der Waals surface area contributed by atoms with Crippen LogP contribution in [0.2, 0.25) is 0 Å². The number of nitrogens with zero attached hydrogens (tertiary/aromatic N) is 2. The summed E-state index contributed by atoms with van der Waals surface area (Å²) >= 11 is 0. The molecule has 0 aliphatic rings. The molecule has 7 heteroatoms. The predicted octanol–water partition coefficient (Wildman–Crippen LogP) is 4.06. The second-order valence-corrected chi connectivity index (χ2v) is 5.99. The second-order valence-electron chi connectivity index (χ2n) is 5.99. The SMILES string of the molecule is CCc1ccc(OC[C@@H](O)Cn2c(C(F)(F)F)nc3ccccc32)cc1. The Morgan fingerprint density at radius 1 is 1.12 bits per heavy atom. The third-order valence-corrected chi connectivity index (χ3v) is 4.08. The molecule has 0 aliphatic heterocycles. The minimum absolute atomic E-state index is 0.116. The predicted molar refractivity (Wildman–Crippen MR) is 92.1 cm³/mol. The van der Waals surface area contributed by atoms with Crippen molar-refractivity contribution < 1.29 is 23.0 Å². The van der Waals surface area contributed by atoms with Crippen molar-refractivity contribution in [3.63, 3.8) is 0 Å². The molecule has 0 aliphatic carbocycles. The lowest BCUT2D eigenvalue weighted by Crippen LogP contribution is -2.26. The molecule has 0 fully saturated rings. The van der Waals surface area contributed by atoms with Gasteiger partial charge in [-0.15, -0.1) is 0 Å². The van der Waals surface area contributed by atoms with E-state index >= 15 is 0 Å². The topological polar surface area (TPSA) is 47.3 Å². The van der Waals surface area contributed by atoms with Crippen molar-refractivity contribution in [2.75, 3.05) is 6.61 Å². The van der Waals surface area contributed by atoms with Crippen LogP contribution < -0.4 is 4.74 Å². The van der Waals surface area contributed by atoms with Crippen LogP contribution in [0.4, 0.5) is 13.2 Å². The molecular weight excluding hydrogens is 345 g/mol. The maximum atomic E-state index is 13.3. The summed E-state index contributed by atoms with van der Waals surface area (Å²) in [5.41, 5.74) is 1.71. The van der Waals surface area contributed by atoms with Crippen LogP contribution in [-0.4, -0.2) is 27.4 Å². The van der Waals surface area contributed by atoms with Gasteiger partial charge in [-0.3, -0.25) is 0 Å². The monoisotopic (exact) mass is 364 g/mol. The molecule has 1 heterocycles. The normalized spacial score (nSPS) is 13.1. The molecule has 0 radical (unpaired) electrons. The number of fused-ring (bicyclic) bond motifs is 1. The van der Waals surface area contributed by atoms with Gasteiger partial charge in [0.2, 0.25) is 5.82 Å². The number of hydrogen-bond donors (Lipinski definition) is 1. The van der Waals surface area contributed by atoms with Crippen LogP contribution in [0.15, 0.2) is 48.5 Å². The van der Waals surface area contributed by atoms with E-state index in [2.05, 4.69) is 4.98 Å². The number of aryl methyl sites for hydroxylation is 1. The molecule has 2 aromatic carbocycles. The highest BCUT2D eigenvalue weighted by Gasteiger charge is 2.37. The first-order chi connectivity index (χ1) is 12.4. The first-order valence-electron chi connectivity index (χ1n) is 8.30. The highest BCUT2D eigenvalue weighted by atomic mass is 19.4. The number of aliphatic hydroxyl groups excluding tert-OH is 1. The molecule has 1 N–H and O–H groups in total. The average Bonchev–Trinajstić information content (AvgIpc) is 2.99. The number of para-hydroxylation sites is 2. The zero-order chi connectivity index (χ0) is 18.7. The van der Waals surface area contributed by atoms with E-state index in [0.717, 1.165) is 16.6 Å². The Balaban J connectivity index is 1.75. The Morgan fingerprint density at radius 2 is 1.81 bits per heavy atom. The van der Waals surface area contributed by atoms with Crippen molar-refractivity contribution in [3.05, 3.63) is 59.9 Å². The molecule has 1 aromatic heterocycles. The van der Waals surface area contributed by atoms with Gasteiger partial charge in [-0.25, -0.2) is 4.98 Å². The number of aliphatic hydroxyl groups is 1. The molecule has 0 amide bonds. The third-order valence-electron chi connectivity index (χ3n) is 4.08. The minimum atomic E-state index is -4.60. The van der Waals surface area contributed by atoms with Gasteiger partial charge in [-0.05, 0) is 36.2 Å². The Morgan fingerprint density at radius 3 is 2.46 bits per heavy atom. The maximum absolute atomic E-state index is 13.3. The van der Waals surface area contributed by atoms with Gasteiger partial charge in [0.1, 0.15) is 18.5 Å². The van der Waals surface area contributed by atoms with E-state index in [0.29, 0.717) is 11.3 Å². The van der Waals surface area contributed by atoms with E-state index in [-0.39, 0.29) is 18.7 Å². The van der Waals surface area contributed by atoms with Gasteiger partial charge in [-0.2, -0.15) is 13.2 Å². The van der Waals surface area contributed by atoms with Crippen molar-refractivity contribution in [1.82, 2.24) is 9.55 Å². The van der Waals surface area contributed by atoms with Crippen molar-refractivity contribution in [2.24, 2.45) is 0 Å². The molecule has 0 saturated heterocycles. The number of aromatic nitrogens is 2. The first kappa shape index (κ1) is 18.3. The number of imidazole rings is 1. The lowest BCUT2D eigenvalue weighted by atomic mass is 10.2. The molecule has 3 aromatic rings. The van der Waals surface area contributed by atoms with Gasteiger partial charge in [0.15, 0.2) is 0 Å². The summed E-state index contributed by atoms with van der Waals surface area (Å²) in [6, 6.07) is 13.7. The lowest BCUT2D eigenvalue weighted by molar-refractivity contribution is -0.147. The summed E-state index contributed by atoms with van der Waals surface area (Å²) in [7, 11) is 0. The van der Waals surface area contributed by atoms with Crippen LogP contribution in [-0.2, 0) is 19.1 Å². The van der Waals surface area contributed by atoms with E-state index in [1.807, 2.05) is 19.1 Å². The highest BCUT2D eigenvalue weighted by molar-refractivity contribution is 5.76. The van der Waals surface area contributed by atoms with Crippen LogP contribution >= 0.6 is 0 Å². The Labute approximate surface area is 148 Å². The number of rotatable bonds is 6. The van der Waals surface area contributed by atoms with E-state index in [1.165, 1.54) is 6.07 Å². The molecule has 26 heavy (non-hydrogen) atoms. The highest BCUT2D eigenvalue weighted by Crippen LogP contribution is 2.31. The van der Waals surface area contributed by atoms with Crippen molar-refractivity contribution in [1.29, 1.82) is 0 Å². The summed E-state index contributed by atoms with van der Waals surface area (Å²) < 4.78 is 46.3. The maximum Gasteiger partial charge on any atom is 0.449 e. The average molecular weight is 364 g/mol. The Hall–Kier alpha value is -2.54. The van der Waals surface area contributed by atoms with Gasteiger partial charge in [0, 0.05) is 0 Å². The molecular formula is C19H19F3N2O2. The van der Waals surface area contributed by atoms with Crippen LogP contribution in [0.25, 0.3) is 11.0 Å².